The van der Waals surface area contributed by atoms with Gasteiger partial charge in [0.1, 0.15) is 0 Å². The van der Waals surface area contributed by atoms with Gasteiger partial charge in [0.15, 0.2) is 5.72 Å². The minimum absolute atomic E-state index is 0.179. The van der Waals surface area contributed by atoms with Crippen LogP contribution in [0.1, 0.15) is 20.3 Å². The molecule has 1 rings (SSSR count). The third-order valence-electron chi connectivity index (χ3n) is 2.26. The van der Waals surface area contributed by atoms with Crippen molar-refractivity contribution in [1.29, 1.82) is 0 Å². The Balaban J connectivity index is 3.48. The third-order valence-corrected chi connectivity index (χ3v) is 2.26. The van der Waals surface area contributed by atoms with Crippen molar-refractivity contribution in [2.75, 3.05) is 6.61 Å². The maximum Gasteiger partial charge on any atom is 0.336 e. The van der Waals surface area contributed by atoms with Crippen LogP contribution in [-0.4, -0.2) is 32.2 Å². The molecule has 0 amide bonds. The van der Waals surface area contributed by atoms with Crippen LogP contribution in [0.25, 0.3) is 0 Å². The van der Waals surface area contributed by atoms with Crippen LogP contribution < -0.4 is 17.1 Å². The van der Waals surface area contributed by atoms with E-state index in [1.807, 2.05) is 9.97 Å². The average Bonchev–Trinajstić information content (AvgIpc) is 2.13. The number of aromatic nitrogens is 3. The minimum Gasteiger partial charge on any atom is -0.439 e. The Morgan fingerprint density at radius 2 is 1.83 bits per heavy atom. The molecule has 0 aliphatic heterocycles. The van der Waals surface area contributed by atoms with Crippen LogP contribution in [0.15, 0.2) is 14.4 Å². The van der Waals surface area contributed by atoms with Gasteiger partial charge in [-0.25, -0.2) is 19.0 Å². The fourth-order valence-electron chi connectivity index (χ4n) is 1.58. The Bertz CT molecular complexity index is 577. The number of nitrogens with zero attached hydrogens (tertiary/aromatic N) is 1. The van der Waals surface area contributed by atoms with E-state index >= 15 is 0 Å². The van der Waals surface area contributed by atoms with Gasteiger partial charge < -0.3 is 9.84 Å². The van der Waals surface area contributed by atoms with E-state index in [1.165, 1.54) is 6.92 Å². The van der Waals surface area contributed by atoms with Crippen LogP contribution in [0, 0.1) is 0 Å². The molecule has 0 radical (unpaired) electrons. The molecule has 0 saturated carbocycles. The summed E-state index contributed by atoms with van der Waals surface area (Å²) < 4.78 is 5.42. The van der Waals surface area contributed by atoms with Crippen LogP contribution in [-0.2, 0) is 15.3 Å². The van der Waals surface area contributed by atoms with Crippen molar-refractivity contribution in [2.45, 2.75) is 26.0 Å². The fourth-order valence-corrected chi connectivity index (χ4v) is 1.58. The molecule has 18 heavy (non-hydrogen) atoms. The molecule has 1 atom stereocenters. The van der Waals surface area contributed by atoms with Gasteiger partial charge in [0.25, 0.3) is 0 Å². The normalized spacial score (nSPS) is 13.9. The second-order valence-electron chi connectivity index (χ2n) is 3.77. The van der Waals surface area contributed by atoms with Gasteiger partial charge in [0, 0.05) is 20.0 Å². The standard InChI is InChI=1S/C9H13N3O6/c1-5(14)18-9(2,3-4-13)12-7(16)10-6(15)11-8(12)17/h13H,3-4H2,1-2H3,(H2,10,11,15,16,17). The molecule has 0 spiro atoms. The first-order valence-corrected chi connectivity index (χ1v) is 5.07. The number of carbonyl (C=O) groups is 1. The highest BCUT2D eigenvalue weighted by Gasteiger charge is 2.33. The van der Waals surface area contributed by atoms with Gasteiger partial charge in [-0.1, -0.05) is 0 Å². The minimum atomic E-state index is -1.67. The Morgan fingerprint density at radius 1 is 1.33 bits per heavy atom. The highest BCUT2D eigenvalue weighted by Crippen LogP contribution is 2.18. The summed E-state index contributed by atoms with van der Waals surface area (Å²) in [6, 6.07) is 0. The molecule has 100 valence electrons. The quantitative estimate of drug-likeness (QED) is 0.527. The van der Waals surface area contributed by atoms with Gasteiger partial charge in [-0.15, -0.1) is 0 Å². The number of hydrogen-bond acceptors (Lipinski definition) is 6. The molecular weight excluding hydrogens is 246 g/mol. The fraction of sp³-hybridized carbons (Fsp3) is 0.556. The molecule has 0 aliphatic carbocycles. The highest BCUT2D eigenvalue weighted by atomic mass is 16.6. The number of rotatable bonds is 4. The molecule has 0 fully saturated rings. The summed E-state index contributed by atoms with van der Waals surface area (Å²) in [7, 11) is 0. The maximum atomic E-state index is 11.6. The zero-order valence-electron chi connectivity index (χ0n) is 9.85. The number of H-pyrrole nitrogens is 2. The average molecular weight is 259 g/mol. The van der Waals surface area contributed by atoms with Crippen molar-refractivity contribution >= 4 is 5.97 Å². The molecule has 0 saturated heterocycles. The molecule has 1 aromatic rings. The van der Waals surface area contributed by atoms with Crippen molar-refractivity contribution in [2.24, 2.45) is 0 Å². The van der Waals surface area contributed by atoms with Gasteiger partial charge in [0.05, 0.1) is 0 Å². The number of aromatic amines is 2. The SMILES string of the molecule is CC(=O)OC(C)(CCO)n1c(=O)[nH]c(=O)[nH]c1=O. The molecule has 0 aliphatic rings. The van der Waals surface area contributed by atoms with Gasteiger partial charge in [-0.05, 0) is 6.92 Å². The summed E-state index contributed by atoms with van der Waals surface area (Å²) in [5.41, 5.74) is -4.69. The first-order chi connectivity index (χ1) is 8.30. The molecule has 0 bridgehead atoms. The number of esters is 1. The Hall–Kier alpha value is -2.16. The predicted molar refractivity (Wildman–Crippen MR) is 59.1 cm³/mol. The van der Waals surface area contributed by atoms with E-state index in [2.05, 4.69) is 0 Å². The lowest BCUT2D eigenvalue weighted by molar-refractivity contribution is -0.170. The smallest absolute Gasteiger partial charge is 0.336 e. The van der Waals surface area contributed by atoms with Crippen molar-refractivity contribution in [3.8, 4) is 0 Å². The lowest BCUT2D eigenvalue weighted by Crippen LogP contribution is -2.54. The van der Waals surface area contributed by atoms with Gasteiger partial charge in [-0.2, -0.15) is 0 Å². The van der Waals surface area contributed by atoms with Crippen LogP contribution in [0.4, 0.5) is 0 Å². The van der Waals surface area contributed by atoms with Crippen molar-refractivity contribution in [1.82, 2.24) is 14.5 Å². The molecule has 9 nitrogen and oxygen atoms in total. The van der Waals surface area contributed by atoms with Crippen LogP contribution in [0.2, 0.25) is 0 Å². The lowest BCUT2D eigenvalue weighted by atomic mass is 10.2. The number of aliphatic hydroxyl groups excluding tert-OH is 1. The number of ether oxygens (including phenoxy) is 1. The van der Waals surface area contributed by atoms with E-state index in [0.717, 1.165) is 6.92 Å². The number of carbonyl (C=O) groups excluding carboxylic acids is 1. The molecule has 0 aromatic carbocycles. The zero-order chi connectivity index (χ0) is 13.9. The molecule has 1 aromatic heterocycles. The van der Waals surface area contributed by atoms with Crippen molar-refractivity contribution in [3.05, 3.63) is 31.5 Å². The van der Waals surface area contributed by atoms with E-state index < -0.39 is 35.4 Å². The van der Waals surface area contributed by atoms with Crippen molar-refractivity contribution in [3.63, 3.8) is 0 Å². The van der Waals surface area contributed by atoms with Crippen LogP contribution in [0.3, 0.4) is 0 Å². The van der Waals surface area contributed by atoms with E-state index in [1.54, 1.807) is 0 Å². The largest absolute Gasteiger partial charge is 0.439 e. The summed E-state index contributed by atoms with van der Waals surface area (Å²) >= 11 is 0. The number of hydrogen-bond donors (Lipinski definition) is 3. The molecular formula is C9H13N3O6. The molecule has 9 heteroatoms. The summed E-state index contributed by atoms with van der Waals surface area (Å²) in [6.07, 6.45) is -0.179. The summed E-state index contributed by atoms with van der Waals surface area (Å²) in [6.45, 7) is 1.95. The number of nitrogens with one attached hydrogen (secondary N) is 2. The second kappa shape index (κ2) is 5.00. The summed E-state index contributed by atoms with van der Waals surface area (Å²) in [5.74, 6) is -0.733. The molecule has 1 unspecified atom stereocenters. The summed E-state index contributed by atoms with van der Waals surface area (Å²) in [4.78, 5) is 48.7. The highest BCUT2D eigenvalue weighted by molar-refractivity contribution is 5.66. The van der Waals surface area contributed by atoms with E-state index in [9.17, 15) is 19.2 Å². The van der Waals surface area contributed by atoms with Crippen molar-refractivity contribution < 1.29 is 14.6 Å². The van der Waals surface area contributed by atoms with E-state index in [-0.39, 0.29) is 6.42 Å². The second-order valence-corrected chi connectivity index (χ2v) is 3.77. The summed E-state index contributed by atoms with van der Waals surface area (Å²) in [5, 5.41) is 8.92. The predicted octanol–water partition coefficient (Wildman–Crippen LogP) is -2.16. The van der Waals surface area contributed by atoms with Gasteiger partial charge in [0.2, 0.25) is 0 Å². The van der Waals surface area contributed by atoms with Crippen LogP contribution >= 0.6 is 0 Å². The monoisotopic (exact) mass is 259 g/mol. The Kier molecular flexibility index (Phi) is 3.86. The first kappa shape index (κ1) is 13.9. The first-order valence-electron chi connectivity index (χ1n) is 5.07. The van der Waals surface area contributed by atoms with Crippen LogP contribution in [0.5, 0.6) is 0 Å². The number of aliphatic hydroxyl groups is 1. The molecule has 3 N–H and O–H groups in total. The lowest BCUT2D eigenvalue weighted by Gasteiger charge is -2.28. The Labute approximate surface area is 100 Å². The Morgan fingerprint density at radius 3 is 2.22 bits per heavy atom. The third kappa shape index (κ3) is 2.74. The van der Waals surface area contributed by atoms with E-state index in [0.29, 0.717) is 4.57 Å². The molecule has 1 heterocycles. The topological polar surface area (TPSA) is 134 Å². The maximum absolute atomic E-state index is 11.6. The van der Waals surface area contributed by atoms with Gasteiger partial charge >= 0.3 is 23.0 Å². The van der Waals surface area contributed by atoms with E-state index in [4.69, 9.17) is 9.84 Å². The zero-order valence-corrected chi connectivity index (χ0v) is 9.85. The van der Waals surface area contributed by atoms with Gasteiger partial charge in [-0.3, -0.25) is 14.8 Å².